The van der Waals surface area contributed by atoms with Crippen molar-refractivity contribution in [1.29, 1.82) is 0 Å². The molecule has 176 valence electrons. The van der Waals surface area contributed by atoms with Crippen LogP contribution in [0.1, 0.15) is 28.5 Å². The molecular weight excluding hydrogens is 440 g/mol. The lowest BCUT2D eigenvalue weighted by molar-refractivity contribution is 0.0525. The Hall–Kier alpha value is -4.23. The first kappa shape index (κ1) is 22.6. The first-order valence-corrected chi connectivity index (χ1v) is 11.6. The van der Waals surface area contributed by atoms with Gasteiger partial charge in [-0.1, -0.05) is 60.7 Å². The molecule has 0 aliphatic heterocycles. The summed E-state index contributed by atoms with van der Waals surface area (Å²) >= 11 is 0. The number of rotatable bonds is 7. The van der Waals surface area contributed by atoms with E-state index >= 15 is 0 Å². The molecule has 0 radical (unpaired) electrons. The van der Waals surface area contributed by atoms with E-state index in [9.17, 15) is 9.59 Å². The second kappa shape index (κ2) is 9.56. The highest BCUT2D eigenvalue weighted by Gasteiger charge is 2.21. The van der Waals surface area contributed by atoms with E-state index in [1.165, 1.54) is 17.0 Å². The van der Waals surface area contributed by atoms with Crippen LogP contribution in [0.15, 0.2) is 83.8 Å². The van der Waals surface area contributed by atoms with Crippen molar-refractivity contribution in [2.45, 2.75) is 20.0 Å². The molecule has 0 bridgehead atoms. The zero-order valence-corrected chi connectivity index (χ0v) is 19.7. The van der Waals surface area contributed by atoms with Crippen LogP contribution in [0.5, 0.6) is 0 Å². The largest absolute Gasteiger partial charge is 0.462 e. The van der Waals surface area contributed by atoms with Crippen molar-refractivity contribution < 1.29 is 9.53 Å². The van der Waals surface area contributed by atoms with Crippen LogP contribution in [0, 0.1) is 0 Å². The lowest BCUT2D eigenvalue weighted by Crippen LogP contribution is -2.21. The van der Waals surface area contributed by atoms with Gasteiger partial charge in [0.2, 0.25) is 0 Å². The maximum absolute atomic E-state index is 12.7. The Balaban J connectivity index is 1.55. The van der Waals surface area contributed by atoms with Gasteiger partial charge in [-0.05, 0) is 29.3 Å². The lowest BCUT2D eigenvalue weighted by atomic mass is 10.0. The van der Waals surface area contributed by atoms with E-state index in [1.54, 1.807) is 29.3 Å². The first-order valence-electron chi connectivity index (χ1n) is 11.6. The van der Waals surface area contributed by atoms with E-state index in [2.05, 4.69) is 34.7 Å². The molecule has 0 spiro atoms. The number of nitrogens with zero attached hydrogens (tertiary/aromatic N) is 3. The maximum Gasteiger partial charge on any atom is 0.341 e. The zero-order chi connectivity index (χ0) is 24.4. The average Bonchev–Trinajstić information content (AvgIpc) is 3.30. The molecule has 0 aliphatic carbocycles. The smallest absolute Gasteiger partial charge is 0.341 e. The van der Waals surface area contributed by atoms with Gasteiger partial charge in [0, 0.05) is 31.6 Å². The standard InChI is InChI=1S/C28H26N4O3/c1-3-35-28(34)23-17-30-32(25-15-27(33)31(2)24-14-7-6-13-22(24)25)26(23)18-29-16-20-11-8-10-19-9-4-5-12-21(19)20/h4-15,17,29H,3,16,18H2,1-2H3. The minimum absolute atomic E-state index is 0.151. The summed E-state index contributed by atoms with van der Waals surface area (Å²) in [4.78, 5) is 25.5. The molecule has 0 atom stereocenters. The summed E-state index contributed by atoms with van der Waals surface area (Å²) in [6.07, 6.45) is 1.51. The highest BCUT2D eigenvalue weighted by Crippen LogP contribution is 2.24. The van der Waals surface area contributed by atoms with Crippen molar-refractivity contribution in [3.63, 3.8) is 0 Å². The molecule has 5 aromatic rings. The third-order valence-electron chi connectivity index (χ3n) is 6.21. The van der Waals surface area contributed by atoms with Gasteiger partial charge in [0.05, 0.1) is 29.7 Å². The Morgan fingerprint density at radius 3 is 2.54 bits per heavy atom. The molecule has 0 saturated heterocycles. The van der Waals surface area contributed by atoms with E-state index in [4.69, 9.17) is 4.74 Å². The molecule has 7 heteroatoms. The molecule has 35 heavy (non-hydrogen) atoms. The first-order chi connectivity index (χ1) is 17.1. The second-order valence-electron chi connectivity index (χ2n) is 8.32. The Bertz CT molecular complexity index is 1590. The van der Waals surface area contributed by atoms with Crippen molar-refractivity contribution in [1.82, 2.24) is 19.7 Å². The number of carbonyl (C=O) groups excluding carboxylic acids is 1. The van der Waals surface area contributed by atoms with Crippen LogP contribution in [0.4, 0.5) is 0 Å². The molecule has 0 unspecified atom stereocenters. The van der Waals surface area contributed by atoms with Gasteiger partial charge in [0.15, 0.2) is 0 Å². The summed E-state index contributed by atoms with van der Waals surface area (Å²) in [5, 5.41) is 11.2. The number of hydrogen-bond acceptors (Lipinski definition) is 5. The molecule has 1 N–H and O–H groups in total. The van der Waals surface area contributed by atoms with Crippen molar-refractivity contribution >= 4 is 27.6 Å². The number of nitrogens with one attached hydrogen (secondary N) is 1. The quantitative estimate of drug-likeness (QED) is 0.361. The van der Waals surface area contributed by atoms with Crippen molar-refractivity contribution in [3.05, 3.63) is 106 Å². The lowest BCUT2D eigenvalue weighted by Gasteiger charge is -2.14. The molecule has 0 aliphatic rings. The summed E-state index contributed by atoms with van der Waals surface area (Å²) in [6, 6.07) is 23.7. The van der Waals surface area contributed by atoms with E-state index in [0.717, 1.165) is 16.5 Å². The SMILES string of the molecule is CCOC(=O)c1cnn(-c2cc(=O)n(C)c3ccccc23)c1CNCc1cccc2ccccc12. The van der Waals surface area contributed by atoms with Crippen LogP contribution in [-0.2, 0) is 24.9 Å². The van der Waals surface area contributed by atoms with E-state index in [0.29, 0.717) is 30.0 Å². The number of carbonyl (C=O) groups is 1. The van der Waals surface area contributed by atoms with Crippen molar-refractivity contribution in [2.24, 2.45) is 7.05 Å². The summed E-state index contributed by atoms with van der Waals surface area (Å²) in [5.74, 6) is -0.436. The number of pyridine rings is 1. The molecular formula is C28H26N4O3. The van der Waals surface area contributed by atoms with Crippen LogP contribution >= 0.6 is 0 Å². The third-order valence-corrected chi connectivity index (χ3v) is 6.21. The number of aryl methyl sites for hydroxylation is 1. The third kappa shape index (κ3) is 4.22. The number of ether oxygens (including phenoxy) is 1. The van der Waals surface area contributed by atoms with Gasteiger partial charge in [0.1, 0.15) is 5.56 Å². The number of fused-ring (bicyclic) bond motifs is 2. The Labute approximate surface area is 202 Å². The fourth-order valence-corrected chi connectivity index (χ4v) is 4.46. The zero-order valence-electron chi connectivity index (χ0n) is 19.7. The second-order valence-corrected chi connectivity index (χ2v) is 8.32. The van der Waals surface area contributed by atoms with Gasteiger partial charge in [-0.25, -0.2) is 9.48 Å². The van der Waals surface area contributed by atoms with Gasteiger partial charge < -0.3 is 14.6 Å². The topological polar surface area (TPSA) is 78.2 Å². The number of hydrogen-bond donors (Lipinski definition) is 1. The molecule has 0 saturated carbocycles. The van der Waals surface area contributed by atoms with Crippen LogP contribution in [0.25, 0.3) is 27.4 Å². The van der Waals surface area contributed by atoms with Gasteiger partial charge in [-0.15, -0.1) is 0 Å². The normalized spacial score (nSPS) is 11.3. The molecule has 5 rings (SSSR count). The molecule has 2 aromatic heterocycles. The van der Waals surface area contributed by atoms with Crippen LogP contribution in [0.2, 0.25) is 0 Å². The summed E-state index contributed by atoms with van der Waals surface area (Å²) in [5.41, 5.74) is 3.44. The fraction of sp³-hybridized carbons (Fsp3) is 0.179. The van der Waals surface area contributed by atoms with Gasteiger partial charge >= 0.3 is 5.97 Å². The van der Waals surface area contributed by atoms with Crippen molar-refractivity contribution in [2.75, 3.05) is 6.61 Å². The number of aromatic nitrogens is 3. The highest BCUT2D eigenvalue weighted by atomic mass is 16.5. The Morgan fingerprint density at radius 1 is 0.971 bits per heavy atom. The summed E-state index contributed by atoms with van der Waals surface area (Å²) in [6.45, 7) is 3.00. The average molecular weight is 467 g/mol. The Morgan fingerprint density at radius 2 is 1.71 bits per heavy atom. The molecule has 2 heterocycles. The number of para-hydroxylation sites is 1. The minimum atomic E-state index is -0.436. The van der Waals surface area contributed by atoms with E-state index < -0.39 is 5.97 Å². The van der Waals surface area contributed by atoms with Gasteiger partial charge in [-0.3, -0.25) is 4.79 Å². The van der Waals surface area contributed by atoms with Gasteiger partial charge in [-0.2, -0.15) is 5.10 Å². The van der Waals surface area contributed by atoms with Crippen LogP contribution in [0.3, 0.4) is 0 Å². The van der Waals surface area contributed by atoms with Crippen molar-refractivity contribution in [3.8, 4) is 5.69 Å². The Kier molecular flexibility index (Phi) is 6.16. The summed E-state index contributed by atoms with van der Waals surface area (Å²) < 4.78 is 8.56. The summed E-state index contributed by atoms with van der Waals surface area (Å²) in [7, 11) is 1.74. The van der Waals surface area contributed by atoms with E-state index in [-0.39, 0.29) is 12.2 Å². The molecule has 0 amide bonds. The number of esters is 1. The van der Waals surface area contributed by atoms with Crippen LogP contribution in [-0.4, -0.2) is 26.9 Å². The molecule has 3 aromatic carbocycles. The monoisotopic (exact) mass is 466 g/mol. The van der Waals surface area contributed by atoms with Crippen LogP contribution < -0.4 is 10.9 Å². The maximum atomic E-state index is 12.7. The predicted octanol–water partition coefficient (Wildman–Crippen LogP) is 4.34. The highest BCUT2D eigenvalue weighted by molar-refractivity contribution is 5.92. The molecule has 0 fully saturated rings. The van der Waals surface area contributed by atoms with E-state index in [1.807, 2.05) is 42.5 Å². The fourth-order valence-electron chi connectivity index (χ4n) is 4.46. The predicted molar refractivity (Wildman–Crippen MR) is 137 cm³/mol. The molecule has 7 nitrogen and oxygen atoms in total. The number of benzene rings is 3. The minimum Gasteiger partial charge on any atom is -0.462 e. The van der Waals surface area contributed by atoms with Gasteiger partial charge in [0.25, 0.3) is 5.56 Å².